The molecule has 7 N–H and O–H groups in total. The lowest BCUT2D eigenvalue weighted by atomic mass is 10.2. The number of hydrogen-bond donors (Lipinski definition) is 6. The minimum atomic E-state index is -1.45. The predicted molar refractivity (Wildman–Crippen MR) is 72.8 cm³/mol. The van der Waals surface area contributed by atoms with Gasteiger partial charge in [0.1, 0.15) is 12.1 Å². The standard InChI is InChI=1S/C10H18N4O5S/c1-4(13-9(17)5(11)3-20)8(16)14-6(10(18)19)2-7(12)15/h4-6,20H,2-3,11H2,1H3,(H2,12,15)(H,13,17)(H,14,16)(H,18,19)/t4-,5-,6-/m0/s1. The lowest BCUT2D eigenvalue weighted by Crippen LogP contribution is -2.54. The second kappa shape index (κ2) is 8.38. The maximum Gasteiger partial charge on any atom is 0.326 e. The SMILES string of the molecule is C[C@H](NC(=O)[C@@H](N)CS)C(=O)N[C@@H](CC(N)=O)C(=O)O. The minimum Gasteiger partial charge on any atom is -0.480 e. The van der Waals surface area contributed by atoms with E-state index in [9.17, 15) is 19.2 Å². The first-order valence-electron chi connectivity index (χ1n) is 5.67. The molecule has 10 heteroatoms. The van der Waals surface area contributed by atoms with Crippen molar-refractivity contribution in [1.82, 2.24) is 10.6 Å². The summed E-state index contributed by atoms with van der Waals surface area (Å²) in [4.78, 5) is 44.6. The van der Waals surface area contributed by atoms with Crippen molar-refractivity contribution in [3.63, 3.8) is 0 Å². The molecule has 0 aliphatic heterocycles. The maximum absolute atomic E-state index is 11.7. The summed E-state index contributed by atoms with van der Waals surface area (Å²) in [6, 6.07) is -3.34. The molecule has 0 unspecified atom stereocenters. The van der Waals surface area contributed by atoms with Gasteiger partial charge in [-0.05, 0) is 6.92 Å². The normalized spacial score (nSPS) is 14.8. The molecule has 0 spiro atoms. The van der Waals surface area contributed by atoms with Crippen molar-refractivity contribution < 1.29 is 24.3 Å². The summed E-state index contributed by atoms with van der Waals surface area (Å²) in [5.41, 5.74) is 10.3. The first kappa shape index (κ1) is 18.2. The van der Waals surface area contributed by atoms with Crippen LogP contribution in [-0.2, 0) is 19.2 Å². The third-order valence-electron chi connectivity index (χ3n) is 2.31. The lowest BCUT2D eigenvalue weighted by Gasteiger charge is -2.19. The van der Waals surface area contributed by atoms with Gasteiger partial charge < -0.3 is 27.2 Å². The largest absolute Gasteiger partial charge is 0.480 e. The minimum absolute atomic E-state index is 0.0968. The highest BCUT2D eigenvalue weighted by atomic mass is 32.1. The zero-order valence-electron chi connectivity index (χ0n) is 10.8. The lowest BCUT2D eigenvalue weighted by molar-refractivity contribution is -0.143. The molecule has 0 heterocycles. The summed E-state index contributed by atoms with van der Waals surface area (Å²) in [6.45, 7) is 1.35. The van der Waals surface area contributed by atoms with Gasteiger partial charge >= 0.3 is 5.97 Å². The van der Waals surface area contributed by atoms with Crippen molar-refractivity contribution in [2.45, 2.75) is 31.5 Å². The van der Waals surface area contributed by atoms with Gasteiger partial charge in [0.05, 0.1) is 12.5 Å². The zero-order valence-corrected chi connectivity index (χ0v) is 11.7. The molecule has 114 valence electrons. The van der Waals surface area contributed by atoms with Gasteiger partial charge in [0.2, 0.25) is 17.7 Å². The number of hydrogen-bond acceptors (Lipinski definition) is 6. The molecular weight excluding hydrogens is 288 g/mol. The van der Waals surface area contributed by atoms with E-state index in [0.29, 0.717) is 0 Å². The van der Waals surface area contributed by atoms with E-state index in [1.54, 1.807) is 0 Å². The summed E-state index contributed by atoms with van der Waals surface area (Å²) in [6.07, 6.45) is -0.544. The third-order valence-corrected chi connectivity index (χ3v) is 2.70. The molecule has 0 aliphatic carbocycles. The van der Waals surface area contributed by atoms with Gasteiger partial charge in [-0.15, -0.1) is 0 Å². The number of carbonyl (C=O) groups is 4. The molecule has 3 atom stereocenters. The Morgan fingerprint density at radius 2 is 1.75 bits per heavy atom. The molecule has 9 nitrogen and oxygen atoms in total. The topological polar surface area (TPSA) is 165 Å². The van der Waals surface area contributed by atoms with Crippen LogP contribution >= 0.6 is 12.6 Å². The molecule has 0 fully saturated rings. The fourth-order valence-corrected chi connectivity index (χ4v) is 1.33. The highest BCUT2D eigenvalue weighted by Crippen LogP contribution is 1.94. The van der Waals surface area contributed by atoms with E-state index in [0.717, 1.165) is 0 Å². The van der Waals surface area contributed by atoms with Gasteiger partial charge in [-0.1, -0.05) is 0 Å². The molecule has 3 amide bonds. The number of carboxylic acids is 1. The quantitative estimate of drug-likeness (QED) is 0.265. The molecule has 0 aliphatic rings. The van der Waals surface area contributed by atoms with Crippen LogP contribution in [0.15, 0.2) is 0 Å². The van der Waals surface area contributed by atoms with Crippen LogP contribution in [0, 0.1) is 0 Å². The van der Waals surface area contributed by atoms with E-state index >= 15 is 0 Å². The monoisotopic (exact) mass is 306 g/mol. The number of nitrogens with two attached hydrogens (primary N) is 2. The summed E-state index contributed by atoms with van der Waals surface area (Å²) < 4.78 is 0. The van der Waals surface area contributed by atoms with Crippen molar-refractivity contribution in [2.24, 2.45) is 11.5 Å². The second-order valence-corrected chi connectivity index (χ2v) is 4.45. The van der Waals surface area contributed by atoms with Crippen LogP contribution in [0.2, 0.25) is 0 Å². The Morgan fingerprint density at radius 1 is 1.20 bits per heavy atom. The van der Waals surface area contributed by atoms with E-state index in [2.05, 4.69) is 23.3 Å². The summed E-state index contributed by atoms with van der Waals surface area (Å²) >= 11 is 3.83. The highest BCUT2D eigenvalue weighted by Gasteiger charge is 2.26. The number of carbonyl (C=O) groups excluding carboxylic acids is 3. The van der Waals surface area contributed by atoms with Gasteiger partial charge in [0.25, 0.3) is 0 Å². The Kier molecular flexibility index (Phi) is 7.62. The van der Waals surface area contributed by atoms with Crippen molar-refractivity contribution in [2.75, 3.05) is 5.75 Å². The first-order chi connectivity index (χ1) is 9.18. The van der Waals surface area contributed by atoms with Crippen molar-refractivity contribution in [3.8, 4) is 0 Å². The summed E-state index contributed by atoms with van der Waals surface area (Å²) in [5.74, 6) is -3.53. The Bertz CT molecular complexity index is 403. The van der Waals surface area contributed by atoms with Gasteiger partial charge in [-0.2, -0.15) is 12.6 Å². The Morgan fingerprint density at radius 3 is 2.15 bits per heavy atom. The third kappa shape index (κ3) is 6.38. The van der Waals surface area contributed by atoms with Gasteiger partial charge in [-0.3, -0.25) is 14.4 Å². The van der Waals surface area contributed by atoms with E-state index in [4.69, 9.17) is 16.6 Å². The molecular formula is C10H18N4O5S. The number of aliphatic carboxylic acids is 1. The smallest absolute Gasteiger partial charge is 0.326 e. The molecule has 20 heavy (non-hydrogen) atoms. The molecule has 0 saturated carbocycles. The van der Waals surface area contributed by atoms with E-state index in [1.807, 2.05) is 0 Å². The Hall–Kier alpha value is -1.81. The molecule has 0 radical (unpaired) electrons. The van der Waals surface area contributed by atoms with Gasteiger partial charge in [0, 0.05) is 5.75 Å². The summed E-state index contributed by atoms with van der Waals surface area (Å²) in [7, 11) is 0. The second-order valence-electron chi connectivity index (χ2n) is 4.09. The van der Waals surface area contributed by atoms with Crippen LogP contribution in [0.3, 0.4) is 0 Å². The average molecular weight is 306 g/mol. The Labute approximate surface area is 120 Å². The molecule has 0 rings (SSSR count). The fourth-order valence-electron chi connectivity index (χ4n) is 1.17. The van der Waals surface area contributed by atoms with E-state index < -0.39 is 48.2 Å². The van der Waals surface area contributed by atoms with Crippen molar-refractivity contribution >= 4 is 36.3 Å². The molecule has 0 aromatic rings. The molecule has 0 aromatic heterocycles. The number of carboxylic acid groups (broad SMARTS) is 1. The molecule has 0 saturated heterocycles. The molecule has 0 aromatic carbocycles. The maximum atomic E-state index is 11.7. The molecule has 0 bridgehead atoms. The van der Waals surface area contributed by atoms with Crippen LogP contribution in [0.25, 0.3) is 0 Å². The fraction of sp³-hybridized carbons (Fsp3) is 0.600. The van der Waals surface area contributed by atoms with Gasteiger partial charge in [0.15, 0.2) is 0 Å². The van der Waals surface area contributed by atoms with Crippen LogP contribution in [0.5, 0.6) is 0 Å². The van der Waals surface area contributed by atoms with E-state index in [-0.39, 0.29) is 5.75 Å². The van der Waals surface area contributed by atoms with Crippen LogP contribution < -0.4 is 22.1 Å². The Balaban J connectivity index is 4.53. The number of amides is 3. The van der Waals surface area contributed by atoms with E-state index in [1.165, 1.54) is 6.92 Å². The first-order valence-corrected chi connectivity index (χ1v) is 6.30. The number of primary amides is 1. The number of rotatable bonds is 8. The van der Waals surface area contributed by atoms with Gasteiger partial charge in [-0.25, -0.2) is 4.79 Å². The van der Waals surface area contributed by atoms with Crippen LogP contribution in [0.4, 0.5) is 0 Å². The highest BCUT2D eigenvalue weighted by molar-refractivity contribution is 7.80. The predicted octanol–water partition coefficient (Wildman–Crippen LogP) is -2.81. The number of thiol groups is 1. The summed E-state index contributed by atoms with van der Waals surface area (Å²) in [5, 5.41) is 13.2. The van der Waals surface area contributed by atoms with Crippen molar-refractivity contribution in [1.29, 1.82) is 0 Å². The van der Waals surface area contributed by atoms with Crippen LogP contribution in [-0.4, -0.2) is 52.7 Å². The van der Waals surface area contributed by atoms with Crippen LogP contribution in [0.1, 0.15) is 13.3 Å². The van der Waals surface area contributed by atoms with Crippen molar-refractivity contribution in [3.05, 3.63) is 0 Å². The average Bonchev–Trinajstić information content (AvgIpc) is 2.35. The zero-order chi connectivity index (χ0) is 15.9. The number of nitrogens with one attached hydrogen (secondary N) is 2.